The van der Waals surface area contributed by atoms with Gasteiger partial charge in [0, 0.05) is 25.1 Å². The first-order valence-electron chi connectivity index (χ1n) is 10.4. The van der Waals surface area contributed by atoms with Crippen molar-refractivity contribution in [3.05, 3.63) is 71.8 Å². The smallest absolute Gasteiger partial charge is 0.407 e. The fraction of sp³-hybridized carbons (Fsp3) is 0.292. The Balaban J connectivity index is 1.33. The van der Waals surface area contributed by atoms with Gasteiger partial charge in [-0.2, -0.15) is 0 Å². The predicted molar refractivity (Wildman–Crippen MR) is 116 cm³/mol. The second kappa shape index (κ2) is 9.65. The van der Waals surface area contributed by atoms with E-state index in [1.807, 2.05) is 36.4 Å². The average Bonchev–Trinajstić information content (AvgIpc) is 3.37. The summed E-state index contributed by atoms with van der Waals surface area (Å²) in [6, 6.07) is 15.6. The molecule has 4 rings (SSSR count). The van der Waals surface area contributed by atoms with Crippen molar-refractivity contribution in [3.63, 3.8) is 0 Å². The molecule has 2 aromatic rings. The standard InChI is InChI=1S/C24H24N2O6/c27-21(28)10-5-12-25-23(29)22-20(11-13-31-22)26-24(30)32-14-19-17-8-3-1-6-15(17)16-7-2-4-9-18(16)19/h1-10,19-20,22H,11-14H2,(H,25,29)(H,26,30)(H,27,28)/b10-5+/t20-,22+/m0/s1. The van der Waals surface area contributed by atoms with Gasteiger partial charge in [0.1, 0.15) is 6.61 Å². The highest BCUT2D eigenvalue weighted by Gasteiger charge is 2.36. The number of carboxylic acids is 1. The number of benzene rings is 2. The second-order valence-corrected chi connectivity index (χ2v) is 7.64. The van der Waals surface area contributed by atoms with Crippen LogP contribution in [0.15, 0.2) is 60.7 Å². The summed E-state index contributed by atoms with van der Waals surface area (Å²) >= 11 is 0. The Bertz CT molecular complexity index is 1000. The molecule has 32 heavy (non-hydrogen) atoms. The Kier molecular flexibility index (Phi) is 6.51. The molecule has 3 N–H and O–H groups in total. The molecular formula is C24H24N2O6. The van der Waals surface area contributed by atoms with Gasteiger partial charge in [0.25, 0.3) is 5.91 Å². The van der Waals surface area contributed by atoms with E-state index >= 15 is 0 Å². The first-order chi connectivity index (χ1) is 15.5. The summed E-state index contributed by atoms with van der Waals surface area (Å²) in [6.45, 7) is 0.574. The van der Waals surface area contributed by atoms with Gasteiger partial charge in [0.2, 0.25) is 0 Å². The zero-order valence-corrected chi connectivity index (χ0v) is 17.3. The zero-order valence-electron chi connectivity index (χ0n) is 17.3. The lowest BCUT2D eigenvalue weighted by Crippen LogP contribution is -2.48. The molecule has 2 aliphatic rings. The van der Waals surface area contributed by atoms with Crippen LogP contribution in [0.2, 0.25) is 0 Å². The van der Waals surface area contributed by atoms with Gasteiger partial charge in [-0.25, -0.2) is 9.59 Å². The van der Waals surface area contributed by atoms with Crippen LogP contribution in [0.25, 0.3) is 11.1 Å². The maximum Gasteiger partial charge on any atom is 0.407 e. The van der Waals surface area contributed by atoms with Crippen molar-refractivity contribution in [2.24, 2.45) is 0 Å². The third-order valence-corrected chi connectivity index (χ3v) is 5.65. The van der Waals surface area contributed by atoms with E-state index in [0.29, 0.717) is 13.0 Å². The number of carbonyl (C=O) groups is 3. The summed E-state index contributed by atoms with van der Waals surface area (Å²) in [5.74, 6) is -1.55. The molecule has 2 amide bonds. The molecule has 1 heterocycles. The number of carbonyl (C=O) groups excluding carboxylic acids is 2. The normalized spacial score (nSPS) is 19.4. The minimum Gasteiger partial charge on any atom is -0.478 e. The third kappa shape index (κ3) is 4.65. The monoisotopic (exact) mass is 436 g/mol. The van der Waals surface area contributed by atoms with Gasteiger partial charge in [-0.05, 0) is 28.7 Å². The van der Waals surface area contributed by atoms with Crippen molar-refractivity contribution in [2.75, 3.05) is 19.8 Å². The number of aliphatic carboxylic acids is 1. The number of alkyl carbamates (subject to hydrolysis) is 1. The van der Waals surface area contributed by atoms with Gasteiger partial charge in [-0.3, -0.25) is 4.79 Å². The van der Waals surface area contributed by atoms with Gasteiger partial charge in [-0.1, -0.05) is 54.6 Å². The molecule has 1 aliphatic carbocycles. The summed E-state index contributed by atoms with van der Waals surface area (Å²) in [7, 11) is 0. The Morgan fingerprint density at radius 1 is 1.06 bits per heavy atom. The van der Waals surface area contributed by atoms with Crippen molar-refractivity contribution in [3.8, 4) is 11.1 Å². The molecule has 2 atom stereocenters. The van der Waals surface area contributed by atoms with Crippen LogP contribution in [-0.2, 0) is 19.1 Å². The predicted octanol–water partition coefficient (Wildman–Crippen LogP) is 2.44. The number of rotatable bonds is 7. The van der Waals surface area contributed by atoms with Gasteiger partial charge in [-0.15, -0.1) is 0 Å². The largest absolute Gasteiger partial charge is 0.478 e. The summed E-state index contributed by atoms with van der Waals surface area (Å²) < 4.78 is 11.0. The Hall–Kier alpha value is -3.65. The number of amides is 2. The van der Waals surface area contributed by atoms with E-state index in [1.54, 1.807) is 0 Å². The number of hydrogen-bond donors (Lipinski definition) is 3. The maximum absolute atomic E-state index is 12.5. The fourth-order valence-electron chi connectivity index (χ4n) is 4.21. The van der Waals surface area contributed by atoms with Crippen LogP contribution in [0.3, 0.4) is 0 Å². The van der Waals surface area contributed by atoms with E-state index in [1.165, 1.54) is 6.08 Å². The molecule has 0 saturated carbocycles. The van der Waals surface area contributed by atoms with Crippen LogP contribution >= 0.6 is 0 Å². The second-order valence-electron chi connectivity index (χ2n) is 7.64. The number of fused-ring (bicyclic) bond motifs is 3. The number of ether oxygens (including phenoxy) is 2. The van der Waals surface area contributed by atoms with E-state index in [2.05, 4.69) is 22.8 Å². The lowest BCUT2D eigenvalue weighted by atomic mass is 9.98. The van der Waals surface area contributed by atoms with Crippen LogP contribution < -0.4 is 10.6 Å². The number of carboxylic acid groups (broad SMARTS) is 1. The van der Waals surface area contributed by atoms with Crippen molar-refractivity contribution in [1.29, 1.82) is 0 Å². The Morgan fingerprint density at radius 3 is 2.38 bits per heavy atom. The third-order valence-electron chi connectivity index (χ3n) is 5.65. The lowest BCUT2D eigenvalue weighted by molar-refractivity contribution is -0.132. The first kappa shape index (κ1) is 21.6. The van der Waals surface area contributed by atoms with Gasteiger partial charge in [0.15, 0.2) is 6.10 Å². The highest BCUT2D eigenvalue weighted by Crippen LogP contribution is 2.44. The van der Waals surface area contributed by atoms with Gasteiger partial charge < -0.3 is 25.2 Å². The topological polar surface area (TPSA) is 114 Å². The molecule has 2 aromatic carbocycles. The van der Waals surface area contributed by atoms with E-state index in [4.69, 9.17) is 14.6 Å². The van der Waals surface area contributed by atoms with Crippen molar-refractivity contribution < 1.29 is 29.0 Å². The van der Waals surface area contributed by atoms with Crippen molar-refractivity contribution in [2.45, 2.75) is 24.5 Å². The first-order valence-corrected chi connectivity index (χ1v) is 10.4. The van der Waals surface area contributed by atoms with Crippen LogP contribution in [0.5, 0.6) is 0 Å². The molecule has 0 bridgehead atoms. The van der Waals surface area contributed by atoms with Crippen LogP contribution in [0, 0.1) is 0 Å². The van der Waals surface area contributed by atoms with E-state index in [-0.39, 0.29) is 19.1 Å². The molecule has 0 aromatic heterocycles. The maximum atomic E-state index is 12.5. The summed E-state index contributed by atoms with van der Waals surface area (Å²) in [5.41, 5.74) is 4.54. The molecule has 8 heteroatoms. The minimum absolute atomic E-state index is 0.0481. The molecule has 166 valence electrons. The summed E-state index contributed by atoms with van der Waals surface area (Å²) in [4.78, 5) is 35.3. The average molecular weight is 436 g/mol. The minimum atomic E-state index is -1.09. The molecule has 1 saturated heterocycles. The molecular weight excluding hydrogens is 412 g/mol. The van der Waals surface area contributed by atoms with Crippen LogP contribution in [0.4, 0.5) is 4.79 Å². The highest BCUT2D eigenvalue weighted by molar-refractivity contribution is 5.84. The molecule has 0 spiro atoms. The quantitative estimate of drug-likeness (QED) is 0.575. The number of nitrogens with one attached hydrogen (secondary N) is 2. The number of hydrogen-bond acceptors (Lipinski definition) is 5. The SMILES string of the molecule is O=C(O)/C=C/CNC(=O)[C@@H]1OCC[C@@H]1NC(=O)OCC1c2ccccc2-c2ccccc21. The van der Waals surface area contributed by atoms with E-state index in [0.717, 1.165) is 28.3 Å². The summed E-state index contributed by atoms with van der Waals surface area (Å²) in [5, 5.41) is 13.9. The molecule has 0 radical (unpaired) electrons. The fourth-order valence-corrected chi connectivity index (χ4v) is 4.21. The molecule has 1 aliphatic heterocycles. The van der Waals surface area contributed by atoms with Crippen LogP contribution in [0.1, 0.15) is 23.5 Å². The summed E-state index contributed by atoms with van der Waals surface area (Å²) in [6.07, 6.45) is 1.29. The van der Waals surface area contributed by atoms with Crippen molar-refractivity contribution in [1.82, 2.24) is 10.6 Å². The van der Waals surface area contributed by atoms with Crippen molar-refractivity contribution >= 4 is 18.0 Å². The van der Waals surface area contributed by atoms with E-state index < -0.39 is 30.1 Å². The van der Waals surface area contributed by atoms with Gasteiger partial charge in [0.05, 0.1) is 6.04 Å². The zero-order chi connectivity index (χ0) is 22.5. The van der Waals surface area contributed by atoms with E-state index in [9.17, 15) is 14.4 Å². The molecule has 1 fully saturated rings. The molecule has 0 unspecified atom stereocenters. The lowest BCUT2D eigenvalue weighted by Gasteiger charge is -2.20. The highest BCUT2D eigenvalue weighted by atomic mass is 16.6. The van der Waals surface area contributed by atoms with Crippen LogP contribution in [-0.4, -0.2) is 55.0 Å². The Morgan fingerprint density at radius 2 is 1.72 bits per heavy atom. The molecule has 8 nitrogen and oxygen atoms in total. The Labute approximate surface area is 185 Å². The van der Waals surface area contributed by atoms with Gasteiger partial charge >= 0.3 is 12.1 Å².